The third kappa shape index (κ3) is 4.91. The fourth-order valence-electron chi connectivity index (χ4n) is 1.89. The molecule has 0 atom stereocenters. The summed E-state index contributed by atoms with van der Waals surface area (Å²) in [5.74, 6) is 0. The fraction of sp³-hybridized carbons (Fsp3) is 0.533. The summed E-state index contributed by atoms with van der Waals surface area (Å²) in [6.07, 6.45) is 1.69. The maximum atomic E-state index is 11.7. The Morgan fingerprint density at radius 1 is 1.16 bits per heavy atom. The molecule has 0 heterocycles. The van der Waals surface area contributed by atoms with Crippen LogP contribution >= 0.6 is 0 Å². The van der Waals surface area contributed by atoms with Crippen molar-refractivity contribution in [3.63, 3.8) is 0 Å². The number of carbonyl (C=O) groups is 1. The smallest absolute Gasteiger partial charge is 0.315 e. The highest BCUT2D eigenvalue weighted by Crippen LogP contribution is 2.24. The van der Waals surface area contributed by atoms with Crippen LogP contribution in [0.1, 0.15) is 32.3 Å². The van der Waals surface area contributed by atoms with Crippen molar-refractivity contribution >= 4 is 6.03 Å². The minimum atomic E-state index is -0.204. The quantitative estimate of drug-likeness (QED) is 0.707. The topological polar surface area (TPSA) is 61.4 Å². The number of hydrogen-bond acceptors (Lipinski definition) is 2. The van der Waals surface area contributed by atoms with Crippen LogP contribution in [0.25, 0.3) is 0 Å². The highest BCUT2D eigenvalue weighted by molar-refractivity contribution is 5.73. The van der Waals surface area contributed by atoms with Crippen molar-refractivity contribution in [3.05, 3.63) is 35.9 Å². The van der Waals surface area contributed by atoms with Crippen LogP contribution in [0.3, 0.4) is 0 Å². The van der Waals surface area contributed by atoms with Crippen LogP contribution in [0.2, 0.25) is 0 Å². The monoisotopic (exact) mass is 264 g/mol. The highest BCUT2D eigenvalue weighted by atomic mass is 16.3. The average molecular weight is 264 g/mol. The molecular formula is C15H24N2O2. The van der Waals surface area contributed by atoms with Gasteiger partial charge < -0.3 is 15.7 Å². The first kappa shape index (κ1) is 15.5. The van der Waals surface area contributed by atoms with Gasteiger partial charge in [-0.3, -0.25) is 0 Å². The van der Waals surface area contributed by atoms with Gasteiger partial charge in [-0.05, 0) is 18.4 Å². The van der Waals surface area contributed by atoms with E-state index in [2.05, 4.69) is 10.6 Å². The highest BCUT2D eigenvalue weighted by Gasteiger charge is 2.25. The van der Waals surface area contributed by atoms with Gasteiger partial charge >= 0.3 is 6.03 Å². The molecule has 0 aliphatic rings. The lowest BCUT2D eigenvalue weighted by atomic mass is 9.83. The molecule has 1 rings (SSSR count). The molecule has 4 heteroatoms. The van der Waals surface area contributed by atoms with Crippen LogP contribution in [-0.2, 0) is 6.54 Å². The predicted octanol–water partition coefficient (Wildman–Crippen LogP) is 2.28. The van der Waals surface area contributed by atoms with Crippen molar-refractivity contribution in [1.29, 1.82) is 0 Å². The fourth-order valence-corrected chi connectivity index (χ4v) is 1.89. The van der Waals surface area contributed by atoms with Crippen LogP contribution in [-0.4, -0.2) is 24.3 Å². The number of aliphatic hydroxyl groups is 1. The molecule has 0 saturated carbocycles. The lowest BCUT2D eigenvalue weighted by Gasteiger charge is -2.29. The van der Waals surface area contributed by atoms with Gasteiger partial charge in [-0.2, -0.15) is 0 Å². The second-order valence-corrected chi connectivity index (χ2v) is 4.89. The Labute approximate surface area is 115 Å². The molecule has 1 aromatic rings. The molecule has 0 saturated heterocycles. The van der Waals surface area contributed by atoms with Gasteiger partial charge in [0.25, 0.3) is 0 Å². The normalized spacial score (nSPS) is 11.1. The predicted molar refractivity (Wildman–Crippen MR) is 76.8 cm³/mol. The summed E-state index contributed by atoms with van der Waals surface area (Å²) >= 11 is 0. The SMILES string of the molecule is CCC(CC)(CO)CNC(=O)NCc1ccccc1. The molecule has 0 spiro atoms. The van der Waals surface area contributed by atoms with Crippen molar-refractivity contribution in [2.24, 2.45) is 5.41 Å². The van der Waals surface area contributed by atoms with Gasteiger partial charge in [0.1, 0.15) is 0 Å². The summed E-state index contributed by atoms with van der Waals surface area (Å²) in [6.45, 7) is 5.17. The van der Waals surface area contributed by atoms with Crippen molar-refractivity contribution in [2.45, 2.75) is 33.2 Å². The Morgan fingerprint density at radius 3 is 2.32 bits per heavy atom. The van der Waals surface area contributed by atoms with Gasteiger partial charge in [-0.1, -0.05) is 44.2 Å². The Hall–Kier alpha value is -1.55. The number of rotatable bonds is 7. The Balaban J connectivity index is 2.35. The summed E-state index contributed by atoms with van der Waals surface area (Å²) < 4.78 is 0. The van der Waals surface area contributed by atoms with E-state index in [0.717, 1.165) is 18.4 Å². The molecule has 1 aromatic carbocycles. The molecular weight excluding hydrogens is 240 g/mol. The van der Waals surface area contributed by atoms with Crippen LogP contribution in [0.15, 0.2) is 30.3 Å². The zero-order valence-electron chi connectivity index (χ0n) is 11.8. The van der Waals surface area contributed by atoms with Crippen LogP contribution in [0.4, 0.5) is 4.79 Å². The largest absolute Gasteiger partial charge is 0.396 e. The minimum Gasteiger partial charge on any atom is -0.396 e. The maximum Gasteiger partial charge on any atom is 0.315 e. The third-order valence-corrected chi connectivity index (χ3v) is 3.76. The molecule has 4 nitrogen and oxygen atoms in total. The number of benzene rings is 1. The second-order valence-electron chi connectivity index (χ2n) is 4.89. The summed E-state index contributed by atoms with van der Waals surface area (Å²) in [5.41, 5.74) is 0.862. The molecule has 19 heavy (non-hydrogen) atoms. The summed E-state index contributed by atoms with van der Waals surface area (Å²) in [7, 11) is 0. The standard InChI is InChI=1S/C15H24N2O2/c1-3-15(4-2,12-18)11-17-14(19)16-10-13-8-6-5-7-9-13/h5-9,18H,3-4,10-12H2,1-2H3,(H2,16,17,19). The Kier molecular flexibility index (Phi) is 6.36. The van der Waals surface area contributed by atoms with Gasteiger partial charge in [0.2, 0.25) is 0 Å². The van der Waals surface area contributed by atoms with E-state index in [9.17, 15) is 9.90 Å². The Morgan fingerprint density at radius 2 is 1.79 bits per heavy atom. The van der Waals surface area contributed by atoms with E-state index in [1.165, 1.54) is 0 Å². The number of aliphatic hydroxyl groups excluding tert-OH is 1. The molecule has 0 aliphatic carbocycles. The summed E-state index contributed by atoms with van der Waals surface area (Å²) in [6, 6.07) is 9.58. The number of nitrogens with one attached hydrogen (secondary N) is 2. The molecule has 0 bridgehead atoms. The van der Waals surface area contributed by atoms with Crippen molar-refractivity contribution in [1.82, 2.24) is 10.6 Å². The summed E-state index contributed by atoms with van der Waals surface area (Å²) in [5, 5.41) is 15.1. The first-order valence-corrected chi connectivity index (χ1v) is 6.82. The third-order valence-electron chi connectivity index (χ3n) is 3.76. The van der Waals surface area contributed by atoms with E-state index in [-0.39, 0.29) is 18.1 Å². The molecule has 0 radical (unpaired) electrons. The van der Waals surface area contributed by atoms with E-state index < -0.39 is 0 Å². The Bertz CT molecular complexity index is 367. The van der Waals surface area contributed by atoms with E-state index in [1.807, 2.05) is 44.2 Å². The van der Waals surface area contributed by atoms with Crippen LogP contribution < -0.4 is 10.6 Å². The molecule has 3 N–H and O–H groups in total. The molecule has 2 amide bonds. The lowest BCUT2D eigenvalue weighted by Crippen LogP contribution is -2.43. The maximum absolute atomic E-state index is 11.7. The zero-order chi connectivity index (χ0) is 14.1. The second kappa shape index (κ2) is 7.79. The van der Waals surface area contributed by atoms with Crippen molar-refractivity contribution in [3.8, 4) is 0 Å². The van der Waals surface area contributed by atoms with E-state index in [0.29, 0.717) is 13.1 Å². The van der Waals surface area contributed by atoms with E-state index >= 15 is 0 Å². The number of urea groups is 1. The first-order valence-electron chi connectivity index (χ1n) is 6.82. The lowest BCUT2D eigenvalue weighted by molar-refractivity contribution is 0.115. The van der Waals surface area contributed by atoms with E-state index in [4.69, 9.17) is 0 Å². The van der Waals surface area contributed by atoms with Crippen molar-refractivity contribution in [2.75, 3.05) is 13.2 Å². The number of carbonyl (C=O) groups excluding carboxylic acids is 1. The number of hydrogen-bond donors (Lipinski definition) is 3. The van der Waals surface area contributed by atoms with Gasteiger partial charge in [-0.25, -0.2) is 4.79 Å². The van der Waals surface area contributed by atoms with Gasteiger partial charge in [0.15, 0.2) is 0 Å². The van der Waals surface area contributed by atoms with Gasteiger partial charge in [0, 0.05) is 18.5 Å². The molecule has 0 aliphatic heterocycles. The van der Waals surface area contributed by atoms with Gasteiger partial charge in [0.05, 0.1) is 6.61 Å². The van der Waals surface area contributed by atoms with Gasteiger partial charge in [-0.15, -0.1) is 0 Å². The van der Waals surface area contributed by atoms with Crippen LogP contribution in [0, 0.1) is 5.41 Å². The average Bonchev–Trinajstić information content (AvgIpc) is 2.48. The molecule has 0 unspecified atom stereocenters. The molecule has 106 valence electrons. The zero-order valence-corrected chi connectivity index (χ0v) is 11.8. The minimum absolute atomic E-state index is 0.0962. The van der Waals surface area contributed by atoms with Crippen LogP contribution in [0.5, 0.6) is 0 Å². The summed E-state index contributed by atoms with van der Waals surface area (Å²) in [4.78, 5) is 11.7. The number of amides is 2. The van der Waals surface area contributed by atoms with Crippen molar-refractivity contribution < 1.29 is 9.90 Å². The van der Waals surface area contributed by atoms with E-state index in [1.54, 1.807) is 0 Å². The molecule has 0 fully saturated rings. The first-order chi connectivity index (χ1) is 9.15. The molecule has 0 aromatic heterocycles.